The fourth-order valence-electron chi connectivity index (χ4n) is 3.65. The van der Waals surface area contributed by atoms with Crippen molar-refractivity contribution in [2.75, 3.05) is 20.8 Å². The van der Waals surface area contributed by atoms with Crippen molar-refractivity contribution >= 4 is 17.9 Å². The van der Waals surface area contributed by atoms with E-state index in [-0.39, 0.29) is 30.2 Å². The molecule has 0 fully saturated rings. The maximum atomic E-state index is 12.9. The fourth-order valence-corrected chi connectivity index (χ4v) is 3.65. The van der Waals surface area contributed by atoms with Gasteiger partial charge in [0.2, 0.25) is 5.88 Å². The lowest BCUT2D eigenvalue weighted by molar-refractivity contribution is 0.0526. The number of esters is 1. The zero-order valence-electron chi connectivity index (χ0n) is 20.6. The van der Waals surface area contributed by atoms with Crippen LogP contribution in [0.2, 0.25) is 0 Å². The molecule has 0 spiro atoms. The van der Waals surface area contributed by atoms with Crippen molar-refractivity contribution in [1.82, 2.24) is 4.57 Å². The Morgan fingerprint density at radius 1 is 1.14 bits per heavy atom. The summed E-state index contributed by atoms with van der Waals surface area (Å²) >= 11 is 0. The fraction of sp³-hybridized carbons (Fsp3) is 0.259. The highest BCUT2D eigenvalue weighted by atomic mass is 16.5. The second-order valence-corrected chi connectivity index (χ2v) is 7.77. The van der Waals surface area contributed by atoms with Crippen LogP contribution in [-0.2, 0) is 17.7 Å². The maximum absolute atomic E-state index is 12.9. The average Bonchev–Trinajstić information content (AvgIpc) is 2.89. The lowest BCUT2D eigenvalue weighted by Gasteiger charge is -2.15. The number of rotatable bonds is 9. The SMILES string of the molecule is CCOC(=O)c1ccc(N=Cc2c(C)c(C#N)c(=O)n(CCc3ccc(OC)c(OC)c3)c2O)cc1. The molecule has 3 aromatic rings. The number of aliphatic imine (C=N–C) groups is 1. The van der Waals surface area contributed by atoms with Crippen LogP contribution in [0.25, 0.3) is 0 Å². The van der Waals surface area contributed by atoms with Gasteiger partial charge in [-0.3, -0.25) is 14.4 Å². The minimum absolute atomic E-state index is 0.0702. The summed E-state index contributed by atoms with van der Waals surface area (Å²) in [5, 5.41) is 20.5. The van der Waals surface area contributed by atoms with Crippen LogP contribution in [0.1, 0.15) is 39.5 Å². The van der Waals surface area contributed by atoms with Crippen molar-refractivity contribution in [3.05, 3.63) is 80.6 Å². The lowest BCUT2D eigenvalue weighted by atomic mass is 10.1. The first-order chi connectivity index (χ1) is 17.3. The van der Waals surface area contributed by atoms with Gasteiger partial charge in [0.25, 0.3) is 5.56 Å². The molecular weight excluding hydrogens is 462 g/mol. The number of aromatic nitrogens is 1. The molecule has 186 valence electrons. The molecule has 0 saturated heterocycles. The highest BCUT2D eigenvalue weighted by Gasteiger charge is 2.18. The normalized spacial score (nSPS) is 10.8. The molecule has 0 saturated carbocycles. The Morgan fingerprint density at radius 2 is 1.83 bits per heavy atom. The number of nitrogens with zero attached hydrogens (tertiary/aromatic N) is 3. The highest BCUT2D eigenvalue weighted by Crippen LogP contribution is 2.28. The van der Waals surface area contributed by atoms with Gasteiger partial charge in [0.15, 0.2) is 11.5 Å². The first-order valence-corrected chi connectivity index (χ1v) is 11.2. The summed E-state index contributed by atoms with van der Waals surface area (Å²) in [5.74, 6) is 0.415. The van der Waals surface area contributed by atoms with Crippen molar-refractivity contribution in [1.29, 1.82) is 5.26 Å². The number of aromatic hydroxyl groups is 1. The van der Waals surface area contributed by atoms with E-state index in [9.17, 15) is 20.0 Å². The van der Waals surface area contributed by atoms with Gasteiger partial charge in [-0.15, -0.1) is 0 Å². The van der Waals surface area contributed by atoms with E-state index < -0.39 is 11.5 Å². The second-order valence-electron chi connectivity index (χ2n) is 7.77. The van der Waals surface area contributed by atoms with Crippen LogP contribution in [-0.4, -0.2) is 42.7 Å². The molecule has 0 atom stereocenters. The van der Waals surface area contributed by atoms with E-state index >= 15 is 0 Å². The van der Waals surface area contributed by atoms with Crippen molar-refractivity contribution in [3.8, 4) is 23.4 Å². The van der Waals surface area contributed by atoms with E-state index in [2.05, 4.69) is 4.99 Å². The smallest absolute Gasteiger partial charge is 0.338 e. The number of methoxy groups -OCH3 is 2. The Hall–Kier alpha value is -4.58. The maximum Gasteiger partial charge on any atom is 0.338 e. The predicted molar refractivity (Wildman–Crippen MR) is 135 cm³/mol. The van der Waals surface area contributed by atoms with Gasteiger partial charge in [0.05, 0.1) is 37.6 Å². The molecule has 2 aromatic carbocycles. The average molecular weight is 490 g/mol. The van der Waals surface area contributed by atoms with Crippen LogP contribution in [0, 0.1) is 18.3 Å². The molecule has 9 nitrogen and oxygen atoms in total. The summed E-state index contributed by atoms with van der Waals surface area (Å²) in [6, 6.07) is 13.8. The molecule has 0 aliphatic heterocycles. The van der Waals surface area contributed by atoms with Crippen molar-refractivity contribution < 1.29 is 24.1 Å². The molecule has 1 heterocycles. The van der Waals surface area contributed by atoms with Crippen molar-refractivity contribution in [2.24, 2.45) is 4.99 Å². The third kappa shape index (κ3) is 5.55. The Morgan fingerprint density at radius 3 is 2.44 bits per heavy atom. The Bertz CT molecular complexity index is 1380. The number of ether oxygens (including phenoxy) is 3. The van der Waals surface area contributed by atoms with Crippen LogP contribution in [0.3, 0.4) is 0 Å². The number of nitriles is 1. The molecule has 1 aromatic heterocycles. The predicted octanol–water partition coefficient (Wildman–Crippen LogP) is 3.92. The van der Waals surface area contributed by atoms with Crippen LogP contribution < -0.4 is 15.0 Å². The largest absolute Gasteiger partial charge is 0.494 e. The van der Waals surface area contributed by atoms with E-state index in [0.717, 1.165) is 10.1 Å². The summed E-state index contributed by atoms with van der Waals surface area (Å²) in [6.07, 6.45) is 1.80. The van der Waals surface area contributed by atoms with E-state index in [1.165, 1.54) is 13.3 Å². The topological polar surface area (TPSA) is 123 Å². The summed E-state index contributed by atoms with van der Waals surface area (Å²) in [7, 11) is 3.08. The van der Waals surface area contributed by atoms with E-state index in [4.69, 9.17) is 14.2 Å². The van der Waals surface area contributed by atoms with Crippen LogP contribution in [0.15, 0.2) is 52.3 Å². The van der Waals surface area contributed by atoms with Gasteiger partial charge in [-0.25, -0.2) is 4.79 Å². The number of benzene rings is 2. The molecule has 3 rings (SSSR count). The number of aryl methyl sites for hydroxylation is 1. The van der Waals surface area contributed by atoms with E-state index in [1.807, 2.05) is 12.1 Å². The van der Waals surface area contributed by atoms with Gasteiger partial charge in [-0.1, -0.05) is 6.07 Å². The third-order valence-corrected chi connectivity index (χ3v) is 5.64. The standard InChI is InChI=1S/C27H27N3O6/c1-5-36-27(33)19-7-9-20(10-8-19)29-16-22-17(2)21(15-28)25(31)30(26(22)32)13-12-18-6-11-23(34-3)24(14-18)35-4/h6-11,14,16,32H,5,12-13H2,1-4H3. The van der Waals surface area contributed by atoms with Gasteiger partial charge >= 0.3 is 5.97 Å². The van der Waals surface area contributed by atoms with E-state index in [0.29, 0.717) is 34.7 Å². The Labute approximate surface area is 208 Å². The zero-order valence-corrected chi connectivity index (χ0v) is 20.6. The van der Waals surface area contributed by atoms with Gasteiger partial charge < -0.3 is 19.3 Å². The van der Waals surface area contributed by atoms with Crippen molar-refractivity contribution in [3.63, 3.8) is 0 Å². The molecule has 0 bridgehead atoms. The summed E-state index contributed by atoms with van der Waals surface area (Å²) in [5.41, 5.74) is 1.70. The van der Waals surface area contributed by atoms with Crippen molar-refractivity contribution in [2.45, 2.75) is 26.8 Å². The molecule has 0 aliphatic carbocycles. The molecule has 0 aliphatic rings. The molecule has 36 heavy (non-hydrogen) atoms. The lowest BCUT2D eigenvalue weighted by Crippen LogP contribution is -2.26. The monoisotopic (exact) mass is 489 g/mol. The number of carbonyl (C=O) groups excluding carboxylic acids is 1. The number of carbonyl (C=O) groups is 1. The number of hydrogen-bond donors (Lipinski definition) is 1. The third-order valence-electron chi connectivity index (χ3n) is 5.64. The van der Waals surface area contributed by atoms with Gasteiger partial charge in [0, 0.05) is 12.8 Å². The highest BCUT2D eigenvalue weighted by molar-refractivity contribution is 5.90. The molecular formula is C27H27N3O6. The summed E-state index contributed by atoms with van der Waals surface area (Å²) in [6.45, 7) is 3.72. The minimum atomic E-state index is -0.580. The van der Waals surface area contributed by atoms with Crippen LogP contribution >= 0.6 is 0 Å². The molecule has 0 amide bonds. The first-order valence-electron chi connectivity index (χ1n) is 11.2. The minimum Gasteiger partial charge on any atom is -0.494 e. The van der Waals surface area contributed by atoms with Gasteiger partial charge in [-0.2, -0.15) is 5.26 Å². The second kappa shape index (κ2) is 11.7. The first kappa shape index (κ1) is 26.0. The van der Waals surface area contributed by atoms with Crippen LogP contribution in [0.4, 0.5) is 5.69 Å². The van der Waals surface area contributed by atoms with E-state index in [1.54, 1.807) is 57.4 Å². The summed E-state index contributed by atoms with van der Waals surface area (Å²) in [4.78, 5) is 29.1. The quantitative estimate of drug-likeness (QED) is 0.357. The van der Waals surface area contributed by atoms with Gasteiger partial charge in [0.1, 0.15) is 11.6 Å². The molecule has 1 N–H and O–H groups in total. The molecule has 0 unspecified atom stereocenters. The number of hydrogen-bond acceptors (Lipinski definition) is 8. The van der Waals surface area contributed by atoms with Crippen LogP contribution in [0.5, 0.6) is 17.4 Å². The summed E-state index contributed by atoms with van der Waals surface area (Å²) < 4.78 is 16.7. The molecule has 9 heteroatoms. The molecule has 0 radical (unpaired) electrons. The Balaban J connectivity index is 1.92. The zero-order chi connectivity index (χ0) is 26.2. The Kier molecular flexibility index (Phi) is 8.47. The number of pyridine rings is 1. The van der Waals surface area contributed by atoms with Gasteiger partial charge in [-0.05, 0) is 67.8 Å².